The molecule has 1 fully saturated rings. The highest BCUT2D eigenvalue weighted by Gasteiger charge is 2.19. The number of carbonyl (C=O) groups is 1. The van der Waals surface area contributed by atoms with Crippen LogP contribution in [-0.2, 0) is 4.74 Å². The largest absolute Gasteiger partial charge is 0.378 e. The molecule has 1 saturated heterocycles. The first-order valence-corrected chi connectivity index (χ1v) is 11.0. The van der Waals surface area contributed by atoms with E-state index in [1.165, 1.54) is 23.0 Å². The topological polar surface area (TPSA) is 79.7 Å². The van der Waals surface area contributed by atoms with E-state index in [1.807, 2.05) is 0 Å². The summed E-state index contributed by atoms with van der Waals surface area (Å²) in [5.41, 5.74) is 2.11. The van der Waals surface area contributed by atoms with Crippen LogP contribution in [0.1, 0.15) is 21.6 Å². The van der Waals surface area contributed by atoms with Crippen molar-refractivity contribution in [3.05, 3.63) is 78.6 Å². The number of aliphatic imine (C=N–C) groups is 1. The molecule has 0 radical (unpaired) electrons. The van der Waals surface area contributed by atoms with Gasteiger partial charge in [-0.15, -0.1) is 0 Å². The van der Waals surface area contributed by atoms with Crippen LogP contribution < -0.4 is 5.56 Å². The number of carbonyl (C=O) groups excluding carboxylic acids is 1. The van der Waals surface area contributed by atoms with Crippen LogP contribution in [0, 0.1) is 6.92 Å². The van der Waals surface area contributed by atoms with Crippen molar-refractivity contribution in [2.24, 2.45) is 4.99 Å². The van der Waals surface area contributed by atoms with E-state index < -0.39 is 0 Å². The van der Waals surface area contributed by atoms with Gasteiger partial charge in [0.15, 0.2) is 0 Å². The minimum atomic E-state index is -0.350. The second-order valence-corrected chi connectivity index (χ2v) is 8.47. The Morgan fingerprint density at radius 1 is 1.09 bits per heavy atom. The van der Waals surface area contributed by atoms with Crippen molar-refractivity contribution in [3.8, 4) is 5.69 Å². The van der Waals surface area contributed by atoms with E-state index in [0.29, 0.717) is 59.5 Å². The van der Waals surface area contributed by atoms with Crippen molar-refractivity contribution in [2.45, 2.75) is 6.92 Å². The molecule has 1 aromatic heterocycles. The molecule has 0 aliphatic carbocycles. The molecule has 10 heteroatoms. The van der Waals surface area contributed by atoms with Gasteiger partial charge < -0.3 is 9.64 Å². The van der Waals surface area contributed by atoms with Gasteiger partial charge in [0.05, 0.1) is 34.5 Å². The molecule has 4 rings (SSSR count). The number of nitrogens with one attached hydrogen (secondary N) is 1. The Hall–Kier alpha value is -2.58. The minimum absolute atomic E-state index is 0.0371. The van der Waals surface area contributed by atoms with Gasteiger partial charge in [0.2, 0.25) is 0 Å². The summed E-state index contributed by atoms with van der Waals surface area (Å²) in [5, 5.41) is 3.83. The summed E-state index contributed by atoms with van der Waals surface area (Å²) in [5.74, 6) is -0.0371. The molecule has 0 saturated carbocycles. The van der Waals surface area contributed by atoms with Crippen LogP contribution in [0.5, 0.6) is 0 Å². The minimum Gasteiger partial charge on any atom is -0.378 e. The van der Waals surface area contributed by atoms with Gasteiger partial charge in [-0.2, -0.15) is 0 Å². The molecule has 0 spiro atoms. The molecule has 2 heterocycles. The predicted octanol–water partition coefficient (Wildman–Crippen LogP) is 4.66. The van der Waals surface area contributed by atoms with Gasteiger partial charge in [-0.25, -0.2) is 4.68 Å². The van der Waals surface area contributed by atoms with Gasteiger partial charge in [-0.05, 0) is 43.3 Å². The molecule has 0 bridgehead atoms. The maximum atomic E-state index is 12.9. The number of hydrogen-bond donors (Lipinski definition) is 1. The number of aromatic nitrogens is 2. The third kappa shape index (κ3) is 4.61. The van der Waals surface area contributed by atoms with Gasteiger partial charge >= 0.3 is 0 Å². The number of halogens is 3. The van der Waals surface area contributed by atoms with Gasteiger partial charge in [0, 0.05) is 35.6 Å². The smallest absolute Gasteiger partial charge is 0.280 e. The maximum Gasteiger partial charge on any atom is 0.280 e. The standard InChI is InChI=1S/C22H19Cl3N4O3/c1-13-17(22(31)29(27-13)20-18(24)10-15(23)11-19(20)25)12-26-16-4-2-14(3-5-16)21(30)28-6-8-32-9-7-28/h2-5,10-12,27H,6-9H2,1H3. The monoisotopic (exact) mass is 492 g/mol. The zero-order valence-electron chi connectivity index (χ0n) is 17.1. The summed E-state index contributed by atoms with van der Waals surface area (Å²) in [7, 11) is 0. The SMILES string of the molecule is Cc1[nH]n(-c2c(Cl)cc(Cl)cc2Cl)c(=O)c1C=Nc1ccc(C(=O)N2CCOCC2)cc1. The van der Waals surface area contributed by atoms with E-state index in [1.54, 1.807) is 36.1 Å². The third-order valence-corrected chi connectivity index (χ3v) is 5.87. The van der Waals surface area contributed by atoms with Crippen molar-refractivity contribution >= 4 is 52.6 Å². The van der Waals surface area contributed by atoms with E-state index in [2.05, 4.69) is 10.1 Å². The summed E-state index contributed by atoms with van der Waals surface area (Å²) in [6.07, 6.45) is 1.47. The van der Waals surface area contributed by atoms with E-state index in [0.717, 1.165) is 0 Å². The zero-order valence-corrected chi connectivity index (χ0v) is 19.3. The van der Waals surface area contributed by atoms with E-state index in [9.17, 15) is 9.59 Å². The fourth-order valence-electron chi connectivity index (χ4n) is 3.40. The lowest BCUT2D eigenvalue weighted by molar-refractivity contribution is 0.0303. The van der Waals surface area contributed by atoms with Gasteiger partial charge in [0.1, 0.15) is 5.69 Å². The Labute approximate surface area is 199 Å². The molecule has 0 unspecified atom stereocenters. The molecule has 166 valence electrons. The first-order chi connectivity index (χ1) is 15.3. The van der Waals surface area contributed by atoms with E-state index in [-0.39, 0.29) is 21.5 Å². The Bertz CT molecular complexity index is 1220. The van der Waals surface area contributed by atoms with Crippen LogP contribution in [0.3, 0.4) is 0 Å². The Morgan fingerprint density at radius 3 is 2.34 bits per heavy atom. The van der Waals surface area contributed by atoms with Crippen molar-refractivity contribution in [2.75, 3.05) is 26.3 Å². The van der Waals surface area contributed by atoms with Crippen molar-refractivity contribution in [1.29, 1.82) is 0 Å². The van der Waals surface area contributed by atoms with Gasteiger partial charge in [-0.1, -0.05) is 34.8 Å². The molecular formula is C22H19Cl3N4O3. The molecule has 2 aromatic carbocycles. The summed E-state index contributed by atoms with van der Waals surface area (Å²) < 4.78 is 6.55. The number of nitrogens with zero attached hydrogens (tertiary/aromatic N) is 3. The first-order valence-electron chi connectivity index (χ1n) is 9.83. The number of benzene rings is 2. The van der Waals surface area contributed by atoms with Crippen molar-refractivity contribution < 1.29 is 9.53 Å². The van der Waals surface area contributed by atoms with Crippen LogP contribution in [0.25, 0.3) is 5.69 Å². The number of morpholine rings is 1. The number of ether oxygens (including phenoxy) is 1. The van der Waals surface area contributed by atoms with E-state index >= 15 is 0 Å². The fraction of sp³-hybridized carbons (Fsp3) is 0.227. The highest BCUT2D eigenvalue weighted by Crippen LogP contribution is 2.31. The molecule has 0 atom stereocenters. The molecule has 32 heavy (non-hydrogen) atoms. The zero-order chi connectivity index (χ0) is 22.8. The van der Waals surface area contributed by atoms with Gasteiger partial charge in [0.25, 0.3) is 11.5 Å². The van der Waals surface area contributed by atoms with Crippen LogP contribution in [0.4, 0.5) is 5.69 Å². The number of rotatable bonds is 4. The Balaban J connectivity index is 1.57. The van der Waals surface area contributed by atoms with Crippen molar-refractivity contribution in [1.82, 2.24) is 14.7 Å². The molecule has 7 nitrogen and oxygen atoms in total. The first kappa shape index (κ1) is 22.6. The molecule has 1 amide bonds. The molecule has 1 aliphatic rings. The van der Waals surface area contributed by atoms with Crippen LogP contribution in [-0.4, -0.2) is 53.1 Å². The lowest BCUT2D eigenvalue weighted by Gasteiger charge is -2.26. The Kier molecular flexibility index (Phi) is 6.71. The average Bonchev–Trinajstić information content (AvgIpc) is 3.05. The molecule has 1 aliphatic heterocycles. The average molecular weight is 494 g/mol. The highest BCUT2D eigenvalue weighted by molar-refractivity contribution is 6.40. The molecule has 1 N–H and O–H groups in total. The number of aryl methyl sites for hydroxylation is 1. The number of amides is 1. The maximum absolute atomic E-state index is 12.9. The highest BCUT2D eigenvalue weighted by atomic mass is 35.5. The number of aromatic amines is 1. The number of hydrogen-bond acceptors (Lipinski definition) is 4. The summed E-state index contributed by atoms with van der Waals surface area (Å²) in [6.45, 7) is 4.02. The van der Waals surface area contributed by atoms with Gasteiger partial charge in [-0.3, -0.25) is 19.7 Å². The molecule has 3 aromatic rings. The lowest BCUT2D eigenvalue weighted by atomic mass is 10.1. The van der Waals surface area contributed by atoms with E-state index in [4.69, 9.17) is 39.5 Å². The normalized spacial score (nSPS) is 14.3. The predicted molar refractivity (Wildman–Crippen MR) is 127 cm³/mol. The second-order valence-electron chi connectivity index (χ2n) is 7.22. The van der Waals surface area contributed by atoms with Crippen LogP contribution in [0.15, 0.2) is 46.2 Å². The third-order valence-electron chi connectivity index (χ3n) is 5.08. The van der Waals surface area contributed by atoms with Crippen LogP contribution >= 0.6 is 34.8 Å². The Morgan fingerprint density at radius 2 is 1.72 bits per heavy atom. The summed E-state index contributed by atoms with van der Waals surface area (Å²) in [4.78, 5) is 31.6. The summed E-state index contributed by atoms with van der Waals surface area (Å²) >= 11 is 18.5. The quantitative estimate of drug-likeness (QED) is 0.537. The number of H-pyrrole nitrogens is 1. The lowest BCUT2D eigenvalue weighted by Crippen LogP contribution is -2.40. The van der Waals surface area contributed by atoms with Crippen LogP contribution in [0.2, 0.25) is 15.1 Å². The fourth-order valence-corrected chi connectivity index (χ4v) is 4.38. The van der Waals surface area contributed by atoms with Crippen molar-refractivity contribution in [3.63, 3.8) is 0 Å². The second kappa shape index (κ2) is 9.50. The molecular weight excluding hydrogens is 475 g/mol. The summed E-state index contributed by atoms with van der Waals surface area (Å²) in [6, 6.07) is 9.94.